The van der Waals surface area contributed by atoms with Gasteiger partial charge in [-0.1, -0.05) is 48.5 Å². The van der Waals surface area contributed by atoms with E-state index in [-0.39, 0.29) is 17.5 Å². The molecule has 2 aromatic carbocycles. The Kier molecular flexibility index (Phi) is 5.79. The van der Waals surface area contributed by atoms with Crippen molar-refractivity contribution >= 4 is 11.7 Å². The number of likely N-dealkylation sites (tertiary alicyclic amines) is 1. The van der Waals surface area contributed by atoms with Gasteiger partial charge in [0.1, 0.15) is 5.82 Å². The number of amides is 1. The number of nitrogens with one attached hydrogen (secondary N) is 2. The molecule has 2 N–H and O–H groups in total. The lowest BCUT2D eigenvalue weighted by Crippen LogP contribution is -2.45. The fourth-order valence-electron chi connectivity index (χ4n) is 3.83. The van der Waals surface area contributed by atoms with Crippen LogP contribution >= 0.6 is 0 Å². The summed E-state index contributed by atoms with van der Waals surface area (Å²) in [4.78, 5) is 42.4. The smallest absolute Gasteiger partial charge is 0.330 e. The van der Waals surface area contributed by atoms with Gasteiger partial charge in [0, 0.05) is 37.3 Å². The minimum Gasteiger partial charge on any atom is -0.367 e. The molecule has 7 nitrogen and oxygen atoms in total. The number of anilines is 1. The Balaban J connectivity index is 1.42. The van der Waals surface area contributed by atoms with Crippen LogP contribution in [0.2, 0.25) is 0 Å². The molecule has 0 aliphatic carbocycles. The molecule has 1 saturated heterocycles. The summed E-state index contributed by atoms with van der Waals surface area (Å²) >= 11 is 0. The molecule has 7 heteroatoms. The van der Waals surface area contributed by atoms with Crippen LogP contribution in [0.25, 0.3) is 0 Å². The average molecular weight is 404 g/mol. The van der Waals surface area contributed by atoms with E-state index < -0.39 is 5.69 Å². The van der Waals surface area contributed by atoms with Gasteiger partial charge in [-0.05, 0) is 30.5 Å². The van der Waals surface area contributed by atoms with Crippen molar-refractivity contribution in [2.45, 2.75) is 25.4 Å². The highest BCUT2D eigenvalue weighted by molar-refractivity contribution is 5.94. The van der Waals surface area contributed by atoms with Gasteiger partial charge in [0.25, 0.3) is 11.5 Å². The highest BCUT2D eigenvalue weighted by atomic mass is 16.2. The molecule has 1 amide bonds. The first-order chi connectivity index (χ1) is 14.6. The van der Waals surface area contributed by atoms with Crippen molar-refractivity contribution in [3.63, 3.8) is 0 Å². The maximum absolute atomic E-state index is 12.6. The van der Waals surface area contributed by atoms with Gasteiger partial charge in [-0.15, -0.1) is 0 Å². The standard InChI is InChI=1S/C23H24N4O3/c28-21-15-20(24-16-17-7-3-1-4-8-17)25-23(30)27(21)19-11-13-26(14-12-19)22(29)18-9-5-2-6-10-18/h1-10,15,19,24H,11-14,16H2,(H,25,30). The monoisotopic (exact) mass is 404 g/mol. The molecule has 0 saturated carbocycles. The van der Waals surface area contributed by atoms with Gasteiger partial charge in [0.2, 0.25) is 0 Å². The average Bonchev–Trinajstić information content (AvgIpc) is 2.78. The summed E-state index contributed by atoms with van der Waals surface area (Å²) < 4.78 is 1.28. The molecule has 30 heavy (non-hydrogen) atoms. The van der Waals surface area contributed by atoms with Crippen molar-refractivity contribution in [1.29, 1.82) is 0 Å². The van der Waals surface area contributed by atoms with Crippen LogP contribution in [0.4, 0.5) is 5.82 Å². The number of piperidine rings is 1. The van der Waals surface area contributed by atoms with Crippen LogP contribution in [0, 0.1) is 0 Å². The van der Waals surface area contributed by atoms with E-state index in [4.69, 9.17) is 0 Å². The first kappa shape index (κ1) is 19.7. The van der Waals surface area contributed by atoms with Crippen molar-refractivity contribution < 1.29 is 4.79 Å². The number of aromatic amines is 1. The molecule has 4 rings (SSSR count). The fraction of sp³-hybridized carbons (Fsp3) is 0.261. The first-order valence-electron chi connectivity index (χ1n) is 10.1. The zero-order chi connectivity index (χ0) is 20.9. The lowest BCUT2D eigenvalue weighted by Gasteiger charge is -2.32. The number of hydrogen-bond acceptors (Lipinski definition) is 4. The molecule has 0 radical (unpaired) electrons. The van der Waals surface area contributed by atoms with Crippen molar-refractivity contribution in [3.8, 4) is 0 Å². The maximum atomic E-state index is 12.6. The zero-order valence-corrected chi connectivity index (χ0v) is 16.6. The second-order valence-corrected chi connectivity index (χ2v) is 7.42. The predicted molar refractivity (Wildman–Crippen MR) is 116 cm³/mol. The fourth-order valence-corrected chi connectivity index (χ4v) is 3.83. The minimum atomic E-state index is -0.425. The molecule has 0 atom stereocenters. The van der Waals surface area contributed by atoms with Gasteiger partial charge in [-0.2, -0.15) is 0 Å². The molecule has 3 aromatic rings. The Morgan fingerprint density at radius 2 is 1.60 bits per heavy atom. The van der Waals surface area contributed by atoms with Crippen molar-refractivity contribution in [1.82, 2.24) is 14.5 Å². The van der Waals surface area contributed by atoms with Crippen LogP contribution in [0.1, 0.15) is 34.8 Å². The number of H-pyrrole nitrogens is 1. The summed E-state index contributed by atoms with van der Waals surface area (Å²) in [5.41, 5.74) is 0.950. The van der Waals surface area contributed by atoms with E-state index >= 15 is 0 Å². The van der Waals surface area contributed by atoms with E-state index in [0.29, 0.717) is 43.9 Å². The largest absolute Gasteiger partial charge is 0.367 e. The van der Waals surface area contributed by atoms with Crippen LogP contribution in [-0.2, 0) is 6.54 Å². The Hall–Kier alpha value is -3.61. The van der Waals surface area contributed by atoms with Crippen LogP contribution in [0.5, 0.6) is 0 Å². The van der Waals surface area contributed by atoms with Gasteiger partial charge in [0.15, 0.2) is 0 Å². The van der Waals surface area contributed by atoms with E-state index in [9.17, 15) is 14.4 Å². The predicted octanol–water partition coefficient (Wildman–Crippen LogP) is 2.63. The third-order valence-corrected chi connectivity index (χ3v) is 5.43. The van der Waals surface area contributed by atoms with Crippen LogP contribution in [-0.4, -0.2) is 33.4 Å². The highest BCUT2D eigenvalue weighted by Crippen LogP contribution is 2.21. The van der Waals surface area contributed by atoms with Crippen molar-refractivity contribution in [2.75, 3.05) is 18.4 Å². The molecule has 1 aliphatic heterocycles. The van der Waals surface area contributed by atoms with Gasteiger partial charge in [-0.3, -0.25) is 19.1 Å². The summed E-state index contributed by atoms with van der Waals surface area (Å²) in [5.74, 6) is 0.387. The molecule has 0 bridgehead atoms. The second-order valence-electron chi connectivity index (χ2n) is 7.42. The molecule has 2 heterocycles. The van der Waals surface area contributed by atoms with Gasteiger partial charge in [-0.25, -0.2) is 4.79 Å². The Morgan fingerprint density at radius 3 is 2.23 bits per heavy atom. The number of rotatable bonds is 5. The first-order valence-corrected chi connectivity index (χ1v) is 10.1. The Morgan fingerprint density at radius 1 is 0.967 bits per heavy atom. The highest BCUT2D eigenvalue weighted by Gasteiger charge is 2.26. The van der Waals surface area contributed by atoms with Crippen LogP contribution in [0.3, 0.4) is 0 Å². The summed E-state index contributed by atoms with van der Waals surface area (Å²) in [6.45, 7) is 1.54. The number of benzene rings is 2. The molecule has 0 spiro atoms. The summed E-state index contributed by atoms with van der Waals surface area (Å²) in [7, 11) is 0. The molecule has 154 valence electrons. The number of carbonyl (C=O) groups excluding carboxylic acids is 1. The number of nitrogens with zero attached hydrogens (tertiary/aromatic N) is 2. The van der Waals surface area contributed by atoms with Crippen molar-refractivity contribution in [2.24, 2.45) is 0 Å². The second kappa shape index (κ2) is 8.82. The van der Waals surface area contributed by atoms with E-state index in [2.05, 4.69) is 10.3 Å². The lowest BCUT2D eigenvalue weighted by molar-refractivity contribution is 0.0692. The zero-order valence-electron chi connectivity index (χ0n) is 16.6. The van der Waals surface area contributed by atoms with E-state index in [1.54, 1.807) is 17.0 Å². The molecule has 1 aromatic heterocycles. The third kappa shape index (κ3) is 4.35. The van der Waals surface area contributed by atoms with Crippen LogP contribution in [0.15, 0.2) is 76.3 Å². The Bertz CT molecular complexity index is 1080. The molecular formula is C23H24N4O3. The number of hydrogen-bond donors (Lipinski definition) is 2. The van der Waals surface area contributed by atoms with Gasteiger partial charge < -0.3 is 10.2 Å². The van der Waals surface area contributed by atoms with E-state index in [1.807, 2.05) is 48.5 Å². The van der Waals surface area contributed by atoms with E-state index in [0.717, 1.165) is 5.56 Å². The SMILES string of the molecule is O=C(c1ccccc1)N1CCC(n2c(=O)cc(NCc3ccccc3)[nH]c2=O)CC1. The number of carbonyl (C=O) groups is 1. The summed E-state index contributed by atoms with van der Waals surface area (Å²) in [6.07, 6.45) is 1.14. The normalized spacial score (nSPS) is 14.5. The van der Waals surface area contributed by atoms with Crippen LogP contribution < -0.4 is 16.6 Å². The molecule has 0 unspecified atom stereocenters. The quantitative estimate of drug-likeness (QED) is 0.684. The minimum absolute atomic E-state index is 0.0178. The summed E-state index contributed by atoms with van der Waals surface area (Å²) in [5, 5.41) is 3.09. The van der Waals surface area contributed by atoms with Gasteiger partial charge in [0.05, 0.1) is 0 Å². The summed E-state index contributed by atoms with van der Waals surface area (Å²) in [6, 6.07) is 20.1. The molecule has 1 aliphatic rings. The van der Waals surface area contributed by atoms with E-state index in [1.165, 1.54) is 10.6 Å². The number of aromatic nitrogens is 2. The van der Waals surface area contributed by atoms with Gasteiger partial charge >= 0.3 is 5.69 Å². The molecule has 1 fully saturated rings. The lowest BCUT2D eigenvalue weighted by atomic mass is 10.0. The van der Waals surface area contributed by atoms with Crippen molar-refractivity contribution in [3.05, 3.63) is 98.7 Å². The topological polar surface area (TPSA) is 87.2 Å². The maximum Gasteiger partial charge on any atom is 0.330 e. The Labute approximate surface area is 174 Å². The molecular weight excluding hydrogens is 380 g/mol. The third-order valence-electron chi connectivity index (χ3n) is 5.43.